The van der Waals surface area contributed by atoms with Gasteiger partial charge in [-0.2, -0.15) is 0 Å². The molecule has 1 saturated carbocycles. The maximum atomic E-state index is 5.99. The minimum Gasteiger partial charge on any atom is -0.354 e. The second-order valence-corrected chi connectivity index (χ2v) is 6.26. The lowest BCUT2D eigenvalue weighted by Gasteiger charge is -2.38. The molecule has 0 aromatic carbocycles. The monoisotopic (exact) mass is 274 g/mol. The second-order valence-electron chi connectivity index (χ2n) is 6.26. The summed E-state index contributed by atoms with van der Waals surface area (Å²) in [4.78, 5) is 9.47. The van der Waals surface area contributed by atoms with Gasteiger partial charge in [-0.05, 0) is 43.7 Å². The summed E-state index contributed by atoms with van der Waals surface area (Å²) in [7, 11) is 0. The maximum absolute atomic E-state index is 5.99. The second kappa shape index (κ2) is 6.55. The highest BCUT2D eigenvalue weighted by Gasteiger charge is 2.23. The molecule has 3 rings (SSSR count). The molecule has 1 aliphatic carbocycles. The Morgan fingerprint density at radius 2 is 1.80 bits per heavy atom. The molecule has 2 N–H and O–H groups in total. The first-order valence-corrected chi connectivity index (χ1v) is 7.95. The largest absolute Gasteiger partial charge is 0.354 e. The number of hydrogen-bond acceptors (Lipinski definition) is 4. The molecule has 2 heterocycles. The van der Waals surface area contributed by atoms with Crippen molar-refractivity contribution >= 4 is 5.82 Å². The van der Waals surface area contributed by atoms with Crippen LogP contribution in [0, 0.1) is 5.92 Å². The molecular formula is C16H26N4. The summed E-state index contributed by atoms with van der Waals surface area (Å²) in [6, 6.07) is 6.62. The number of pyridine rings is 1. The van der Waals surface area contributed by atoms with Gasteiger partial charge in [0.25, 0.3) is 0 Å². The van der Waals surface area contributed by atoms with Crippen LogP contribution in [0.5, 0.6) is 0 Å². The Morgan fingerprint density at radius 3 is 2.45 bits per heavy atom. The maximum Gasteiger partial charge on any atom is 0.128 e. The first-order valence-electron chi connectivity index (χ1n) is 7.95. The molecule has 0 bridgehead atoms. The van der Waals surface area contributed by atoms with Gasteiger partial charge in [-0.3, -0.25) is 4.90 Å². The highest BCUT2D eigenvalue weighted by Crippen LogP contribution is 2.24. The highest BCUT2D eigenvalue weighted by molar-refractivity contribution is 5.38. The average molecular weight is 274 g/mol. The van der Waals surface area contributed by atoms with E-state index in [4.69, 9.17) is 5.73 Å². The van der Waals surface area contributed by atoms with Crippen molar-refractivity contribution < 1.29 is 0 Å². The average Bonchev–Trinajstić information content (AvgIpc) is 2.51. The number of anilines is 1. The summed E-state index contributed by atoms with van der Waals surface area (Å²) < 4.78 is 0. The van der Waals surface area contributed by atoms with Gasteiger partial charge in [0, 0.05) is 45.0 Å². The molecule has 0 atom stereocenters. The summed E-state index contributed by atoms with van der Waals surface area (Å²) in [5.41, 5.74) is 5.99. The minimum atomic E-state index is 0.465. The molecule has 1 aromatic rings. The van der Waals surface area contributed by atoms with Crippen molar-refractivity contribution in [3.63, 3.8) is 0 Å². The summed E-state index contributed by atoms with van der Waals surface area (Å²) in [6.45, 7) is 5.80. The van der Waals surface area contributed by atoms with Crippen LogP contribution in [0.25, 0.3) is 0 Å². The van der Waals surface area contributed by atoms with Crippen LogP contribution >= 0.6 is 0 Å². The fourth-order valence-corrected chi connectivity index (χ4v) is 3.44. The van der Waals surface area contributed by atoms with Crippen LogP contribution in [0.1, 0.15) is 25.7 Å². The predicted octanol–water partition coefficient (Wildman–Crippen LogP) is 1.72. The van der Waals surface area contributed by atoms with Crippen LogP contribution in [0.3, 0.4) is 0 Å². The number of nitrogens with zero attached hydrogens (tertiary/aromatic N) is 3. The van der Waals surface area contributed by atoms with Crippen LogP contribution < -0.4 is 10.6 Å². The van der Waals surface area contributed by atoms with Crippen LogP contribution in [0.15, 0.2) is 24.4 Å². The lowest BCUT2D eigenvalue weighted by molar-refractivity contribution is 0.186. The van der Waals surface area contributed by atoms with Crippen molar-refractivity contribution in [2.75, 3.05) is 37.6 Å². The van der Waals surface area contributed by atoms with E-state index in [1.807, 2.05) is 12.3 Å². The summed E-state index contributed by atoms with van der Waals surface area (Å²) in [5, 5.41) is 0. The Bertz CT molecular complexity index is 392. The van der Waals surface area contributed by atoms with E-state index in [1.165, 1.54) is 45.3 Å². The number of nitrogens with two attached hydrogens (primary N) is 1. The van der Waals surface area contributed by atoms with E-state index in [0.717, 1.165) is 24.8 Å². The minimum absolute atomic E-state index is 0.465. The number of hydrogen-bond donors (Lipinski definition) is 1. The smallest absolute Gasteiger partial charge is 0.128 e. The normalized spacial score (nSPS) is 28.6. The molecule has 1 aromatic heterocycles. The van der Waals surface area contributed by atoms with E-state index in [9.17, 15) is 0 Å². The van der Waals surface area contributed by atoms with Crippen molar-refractivity contribution in [1.29, 1.82) is 0 Å². The van der Waals surface area contributed by atoms with Gasteiger partial charge in [-0.25, -0.2) is 4.98 Å². The van der Waals surface area contributed by atoms with Gasteiger partial charge in [-0.15, -0.1) is 0 Å². The molecule has 2 fully saturated rings. The Hall–Kier alpha value is -1.13. The number of piperazine rings is 1. The first kappa shape index (κ1) is 13.8. The third-order valence-corrected chi connectivity index (χ3v) is 4.75. The van der Waals surface area contributed by atoms with E-state index in [-0.39, 0.29) is 0 Å². The van der Waals surface area contributed by atoms with Crippen molar-refractivity contribution in [3.8, 4) is 0 Å². The fraction of sp³-hybridized carbons (Fsp3) is 0.688. The quantitative estimate of drug-likeness (QED) is 0.911. The fourth-order valence-electron chi connectivity index (χ4n) is 3.44. The lowest BCUT2D eigenvalue weighted by atomic mass is 9.86. The zero-order chi connectivity index (χ0) is 13.8. The molecule has 1 saturated heterocycles. The van der Waals surface area contributed by atoms with Crippen LogP contribution in [0.2, 0.25) is 0 Å². The molecule has 0 spiro atoms. The van der Waals surface area contributed by atoms with E-state index < -0.39 is 0 Å². The van der Waals surface area contributed by atoms with Crippen molar-refractivity contribution in [2.24, 2.45) is 11.7 Å². The SMILES string of the molecule is NC1CCC(CN2CCN(c3ccccn3)CC2)CC1. The van der Waals surface area contributed by atoms with Gasteiger partial charge in [0.05, 0.1) is 0 Å². The molecule has 0 unspecified atom stereocenters. The molecule has 4 heteroatoms. The molecule has 20 heavy (non-hydrogen) atoms. The first-order chi connectivity index (χ1) is 9.81. The molecule has 4 nitrogen and oxygen atoms in total. The highest BCUT2D eigenvalue weighted by atomic mass is 15.3. The van der Waals surface area contributed by atoms with E-state index in [0.29, 0.717) is 6.04 Å². The van der Waals surface area contributed by atoms with Gasteiger partial charge < -0.3 is 10.6 Å². The van der Waals surface area contributed by atoms with E-state index in [2.05, 4.69) is 26.9 Å². The van der Waals surface area contributed by atoms with Gasteiger partial charge in [0.2, 0.25) is 0 Å². The van der Waals surface area contributed by atoms with Gasteiger partial charge >= 0.3 is 0 Å². The zero-order valence-corrected chi connectivity index (χ0v) is 12.2. The van der Waals surface area contributed by atoms with Gasteiger partial charge in [-0.1, -0.05) is 6.07 Å². The van der Waals surface area contributed by atoms with Crippen LogP contribution in [0.4, 0.5) is 5.82 Å². The Morgan fingerprint density at radius 1 is 1.05 bits per heavy atom. The topological polar surface area (TPSA) is 45.4 Å². The van der Waals surface area contributed by atoms with Crippen molar-refractivity contribution in [1.82, 2.24) is 9.88 Å². The summed E-state index contributed by atoms with van der Waals surface area (Å²) in [6.07, 6.45) is 6.97. The molecule has 0 amide bonds. The van der Waals surface area contributed by atoms with Crippen LogP contribution in [-0.2, 0) is 0 Å². The van der Waals surface area contributed by atoms with Crippen molar-refractivity contribution in [2.45, 2.75) is 31.7 Å². The molecule has 1 aliphatic heterocycles. The predicted molar refractivity (Wildman–Crippen MR) is 82.8 cm³/mol. The summed E-state index contributed by atoms with van der Waals surface area (Å²) in [5.74, 6) is 1.99. The lowest BCUT2D eigenvalue weighted by Crippen LogP contribution is -2.48. The van der Waals surface area contributed by atoms with E-state index in [1.54, 1.807) is 0 Å². The third kappa shape index (κ3) is 3.49. The third-order valence-electron chi connectivity index (χ3n) is 4.75. The number of aromatic nitrogens is 1. The zero-order valence-electron chi connectivity index (χ0n) is 12.2. The summed E-state index contributed by atoms with van der Waals surface area (Å²) >= 11 is 0. The number of rotatable bonds is 3. The standard InChI is InChI=1S/C16H26N4/c17-15-6-4-14(5-7-15)13-19-9-11-20(12-10-19)16-3-1-2-8-18-16/h1-3,8,14-15H,4-7,9-13,17H2. The Balaban J connectivity index is 1.44. The van der Waals surface area contributed by atoms with Gasteiger partial charge in [0.15, 0.2) is 0 Å². The molecular weight excluding hydrogens is 248 g/mol. The van der Waals surface area contributed by atoms with Gasteiger partial charge in [0.1, 0.15) is 5.82 Å². The van der Waals surface area contributed by atoms with Crippen molar-refractivity contribution in [3.05, 3.63) is 24.4 Å². The Kier molecular flexibility index (Phi) is 4.53. The molecule has 110 valence electrons. The molecule has 2 aliphatic rings. The molecule has 0 radical (unpaired) electrons. The van der Waals surface area contributed by atoms with E-state index >= 15 is 0 Å². The van der Waals surface area contributed by atoms with Crippen LogP contribution in [-0.4, -0.2) is 48.6 Å². The Labute approximate surface area is 122 Å².